The van der Waals surface area contributed by atoms with Crippen LogP contribution < -0.4 is 0 Å². The van der Waals surface area contributed by atoms with Crippen LogP contribution in [0.3, 0.4) is 0 Å². The summed E-state index contributed by atoms with van der Waals surface area (Å²) in [6, 6.07) is 0. The Balaban J connectivity index is 2.29. The van der Waals surface area contributed by atoms with Crippen LogP contribution in [-0.2, 0) is 4.74 Å². The number of hydrogen-bond acceptors (Lipinski definition) is 1. The van der Waals surface area contributed by atoms with E-state index in [-0.39, 0.29) is 5.60 Å². The highest BCUT2D eigenvalue weighted by molar-refractivity contribution is 5.14. The van der Waals surface area contributed by atoms with Gasteiger partial charge in [-0.3, -0.25) is 0 Å². The number of allylic oxidation sites excluding steroid dienone is 1. The van der Waals surface area contributed by atoms with Crippen molar-refractivity contribution in [3.05, 3.63) is 12.2 Å². The number of fused-ring (bicyclic) bond motifs is 1. The molecule has 0 aromatic carbocycles. The molecule has 0 bridgehead atoms. The lowest BCUT2D eigenvalue weighted by Crippen LogP contribution is -2.51. The fourth-order valence-corrected chi connectivity index (χ4v) is 3.32. The van der Waals surface area contributed by atoms with Gasteiger partial charge in [-0.05, 0) is 44.4 Å². The van der Waals surface area contributed by atoms with Crippen molar-refractivity contribution in [3.8, 4) is 0 Å². The second-order valence-electron chi connectivity index (χ2n) is 5.84. The van der Waals surface area contributed by atoms with Gasteiger partial charge < -0.3 is 4.74 Å². The molecule has 2 aliphatic rings. The van der Waals surface area contributed by atoms with Crippen molar-refractivity contribution in [2.24, 2.45) is 11.3 Å². The minimum atomic E-state index is -0.000579. The van der Waals surface area contributed by atoms with Crippen LogP contribution in [0, 0.1) is 11.3 Å². The number of ether oxygens (including phenoxy) is 1. The van der Waals surface area contributed by atoms with Crippen LogP contribution in [0.2, 0.25) is 0 Å². The predicted octanol–water partition coefficient (Wildman–Crippen LogP) is 3.55. The molecular formula is C13H22O. The van der Waals surface area contributed by atoms with Gasteiger partial charge in [-0.25, -0.2) is 0 Å². The molecule has 0 aromatic rings. The van der Waals surface area contributed by atoms with Gasteiger partial charge in [-0.1, -0.05) is 26.0 Å². The first-order valence-corrected chi connectivity index (χ1v) is 5.79. The lowest BCUT2D eigenvalue weighted by molar-refractivity contribution is -0.150. The lowest BCUT2D eigenvalue weighted by atomic mass is 9.62. The average molecular weight is 194 g/mol. The normalized spacial score (nSPS) is 46.0. The van der Waals surface area contributed by atoms with Crippen LogP contribution in [0.4, 0.5) is 0 Å². The highest BCUT2D eigenvalue weighted by Gasteiger charge is 2.47. The van der Waals surface area contributed by atoms with Gasteiger partial charge in [-0.2, -0.15) is 0 Å². The molecule has 0 spiro atoms. The van der Waals surface area contributed by atoms with Crippen molar-refractivity contribution in [1.82, 2.24) is 0 Å². The van der Waals surface area contributed by atoms with E-state index in [9.17, 15) is 0 Å². The van der Waals surface area contributed by atoms with Gasteiger partial charge in [0.2, 0.25) is 0 Å². The maximum Gasteiger partial charge on any atom is 0.0871 e. The fraction of sp³-hybridized carbons (Fsp3) is 0.846. The molecular weight excluding hydrogens is 172 g/mol. The van der Waals surface area contributed by atoms with Crippen LogP contribution in [0.25, 0.3) is 0 Å². The fourth-order valence-electron chi connectivity index (χ4n) is 3.32. The predicted molar refractivity (Wildman–Crippen MR) is 59.2 cm³/mol. The maximum absolute atomic E-state index is 6.13. The van der Waals surface area contributed by atoms with Gasteiger partial charge in [0.15, 0.2) is 0 Å². The first-order chi connectivity index (χ1) is 6.44. The zero-order chi connectivity index (χ0) is 10.4. The van der Waals surface area contributed by atoms with E-state index in [1.54, 1.807) is 0 Å². The van der Waals surface area contributed by atoms with E-state index < -0.39 is 0 Å². The summed E-state index contributed by atoms with van der Waals surface area (Å²) in [7, 11) is 0. The Morgan fingerprint density at radius 1 is 1.21 bits per heavy atom. The number of hydrogen-bond donors (Lipinski definition) is 0. The molecule has 1 fully saturated rings. The molecule has 1 heteroatoms. The molecule has 80 valence electrons. The van der Waals surface area contributed by atoms with E-state index in [1.807, 2.05) is 0 Å². The smallest absolute Gasteiger partial charge is 0.0871 e. The molecule has 1 nitrogen and oxygen atoms in total. The van der Waals surface area contributed by atoms with Gasteiger partial charge in [0, 0.05) is 0 Å². The van der Waals surface area contributed by atoms with E-state index >= 15 is 0 Å². The Morgan fingerprint density at radius 3 is 2.64 bits per heavy atom. The average Bonchev–Trinajstić information content (AvgIpc) is 2.00. The van der Waals surface area contributed by atoms with Gasteiger partial charge in [-0.15, -0.1) is 0 Å². The van der Waals surface area contributed by atoms with Crippen molar-refractivity contribution in [2.75, 3.05) is 0 Å². The molecule has 1 saturated heterocycles. The van der Waals surface area contributed by atoms with Crippen LogP contribution in [0.15, 0.2) is 12.2 Å². The van der Waals surface area contributed by atoms with Crippen molar-refractivity contribution in [2.45, 2.75) is 58.7 Å². The summed E-state index contributed by atoms with van der Waals surface area (Å²) < 4.78 is 6.13. The molecule has 2 rings (SSSR count). The highest BCUT2D eigenvalue weighted by Crippen LogP contribution is 2.49. The highest BCUT2D eigenvalue weighted by atomic mass is 16.5. The molecule has 3 atom stereocenters. The molecule has 0 aromatic heterocycles. The summed E-state index contributed by atoms with van der Waals surface area (Å²) in [5.74, 6) is 0.691. The first-order valence-electron chi connectivity index (χ1n) is 5.79. The van der Waals surface area contributed by atoms with Crippen LogP contribution >= 0.6 is 0 Å². The second kappa shape index (κ2) is 3.10. The topological polar surface area (TPSA) is 9.23 Å². The third-order valence-electron chi connectivity index (χ3n) is 4.04. The maximum atomic E-state index is 6.13. The van der Waals surface area contributed by atoms with E-state index in [1.165, 1.54) is 19.3 Å². The Kier molecular flexibility index (Phi) is 2.26. The monoisotopic (exact) mass is 194 g/mol. The minimum absolute atomic E-state index is 0.000579. The van der Waals surface area contributed by atoms with E-state index in [0.29, 0.717) is 17.4 Å². The summed E-state index contributed by atoms with van der Waals surface area (Å²) in [6.45, 7) is 9.19. The van der Waals surface area contributed by atoms with E-state index in [2.05, 4.69) is 39.8 Å². The van der Waals surface area contributed by atoms with Crippen LogP contribution in [0.1, 0.15) is 47.0 Å². The Bertz CT molecular complexity index is 254. The molecule has 1 aliphatic heterocycles. The summed E-state index contributed by atoms with van der Waals surface area (Å²) in [4.78, 5) is 0. The first kappa shape index (κ1) is 10.2. The van der Waals surface area contributed by atoms with E-state index in [0.717, 1.165) is 0 Å². The third kappa shape index (κ3) is 1.52. The lowest BCUT2D eigenvalue weighted by Gasteiger charge is -2.51. The van der Waals surface area contributed by atoms with Gasteiger partial charge in [0.1, 0.15) is 0 Å². The SMILES string of the molecule is CC1CC[C@H]2C(C)(C)CC=CC2(C)O1. The molecule has 14 heavy (non-hydrogen) atoms. The van der Waals surface area contributed by atoms with Crippen molar-refractivity contribution in [1.29, 1.82) is 0 Å². The zero-order valence-electron chi connectivity index (χ0n) is 9.84. The summed E-state index contributed by atoms with van der Waals surface area (Å²) in [6.07, 6.45) is 8.75. The van der Waals surface area contributed by atoms with Gasteiger partial charge >= 0.3 is 0 Å². The summed E-state index contributed by atoms with van der Waals surface area (Å²) in [5, 5.41) is 0. The van der Waals surface area contributed by atoms with Gasteiger partial charge in [0.25, 0.3) is 0 Å². The summed E-state index contributed by atoms with van der Waals surface area (Å²) >= 11 is 0. The number of rotatable bonds is 0. The largest absolute Gasteiger partial charge is 0.368 e. The van der Waals surface area contributed by atoms with Crippen molar-refractivity contribution < 1.29 is 4.74 Å². The van der Waals surface area contributed by atoms with Gasteiger partial charge in [0.05, 0.1) is 11.7 Å². The third-order valence-corrected chi connectivity index (χ3v) is 4.04. The second-order valence-corrected chi connectivity index (χ2v) is 5.84. The molecule has 0 amide bonds. The molecule has 0 N–H and O–H groups in total. The van der Waals surface area contributed by atoms with E-state index in [4.69, 9.17) is 4.74 Å². The molecule has 0 saturated carbocycles. The minimum Gasteiger partial charge on any atom is -0.368 e. The Morgan fingerprint density at radius 2 is 1.93 bits per heavy atom. The Labute approximate surface area is 87.5 Å². The molecule has 0 radical (unpaired) electrons. The summed E-state index contributed by atoms with van der Waals surface area (Å²) in [5.41, 5.74) is 0.406. The Hall–Kier alpha value is -0.300. The van der Waals surface area contributed by atoms with Crippen molar-refractivity contribution in [3.63, 3.8) is 0 Å². The standard InChI is InChI=1S/C13H22O/c1-10-6-7-11-12(2,3)8-5-9-13(11,4)14-10/h5,9-11H,6-8H2,1-4H3/t10?,11-,13?/m0/s1. The quantitative estimate of drug-likeness (QED) is 0.536. The molecule has 2 unspecified atom stereocenters. The van der Waals surface area contributed by atoms with Crippen LogP contribution in [0.5, 0.6) is 0 Å². The zero-order valence-corrected chi connectivity index (χ0v) is 9.84. The van der Waals surface area contributed by atoms with Crippen molar-refractivity contribution >= 4 is 0 Å². The van der Waals surface area contributed by atoms with Crippen LogP contribution in [-0.4, -0.2) is 11.7 Å². The molecule has 1 aliphatic carbocycles. The molecule has 1 heterocycles.